The first-order valence-electron chi connectivity index (χ1n) is 9.40. The van der Waals surface area contributed by atoms with E-state index < -0.39 is 0 Å². The van der Waals surface area contributed by atoms with Crippen molar-refractivity contribution in [3.05, 3.63) is 71.7 Å². The van der Waals surface area contributed by atoms with Crippen LogP contribution in [0, 0.1) is 0 Å². The molecule has 0 aliphatic heterocycles. The fraction of sp³-hybridized carbons (Fsp3) is 0.190. The van der Waals surface area contributed by atoms with Gasteiger partial charge in [-0.1, -0.05) is 55.5 Å². The second-order valence-corrected chi connectivity index (χ2v) is 6.50. The normalized spacial score (nSPS) is 10.8. The summed E-state index contributed by atoms with van der Waals surface area (Å²) in [7, 11) is 0. The Balaban J connectivity index is 1.53. The molecule has 4 aromatic rings. The van der Waals surface area contributed by atoms with E-state index >= 15 is 0 Å². The van der Waals surface area contributed by atoms with Gasteiger partial charge in [-0.05, 0) is 21.9 Å². The highest BCUT2D eigenvalue weighted by atomic mass is 16.3. The zero-order valence-corrected chi connectivity index (χ0v) is 16.0. The number of aromatic nitrogens is 6. The van der Waals surface area contributed by atoms with Crippen molar-refractivity contribution in [2.24, 2.45) is 0 Å². The van der Waals surface area contributed by atoms with Crippen LogP contribution in [0.3, 0.4) is 0 Å². The molecule has 4 rings (SSSR count). The predicted octanol–water partition coefficient (Wildman–Crippen LogP) is 2.99. The molecule has 0 saturated carbocycles. The van der Waals surface area contributed by atoms with E-state index in [0.717, 1.165) is 34.5 Å². The number of H-pyrrole nitrogens is 1. The van der Waals surface area contributed by atoms with Crippen LogP contribution in [0.5, 0.6) is 0 Å². The highest BCUT2D eigenvalue weighted by Gasteiger charge is 2.11. The summed E-state index contributed by atoms with van der Waals surface area (Å²) in [6.07, 6.45) is 2.42. The fourth-order valence-corrected chi connectivity index (χ4v) is 3.08. The monoisotopic (exact) mass is 387 g/mol. The van der Waals surface area contributed by atoms with Crippen LogP contribution in [0.1, 0.15) is 23.9 Å². The average Bonchev–Trinajstić information content (AvgIpc) is 3.32. The maximum Gasteiger partial charge on any atom is 0.205 e. The lowest BCUT2D eigenvalue weighted by atomic mass is 9.98. The highest BCUT2D eigenvalue weighted by Crippen LogP contribution is 2.29. The number of aliphatic hydroxyl groups is 1. The summed E-state index contributed by atoms with van der Waals surface area (Å²) in [6.45, 7) is 2.50. The Labute approximate surface area is 168 Å². The number of rotatable bonds is 7. The van der Waals surface area contributed by atoms with Crippen molar-refractivity contribution in [2.75, 3.05) is 5.32 Å². The molecule has 8 heteroatoms. The van der Waals surface area contributed by atoms with Gasteiger partial charge in [-0.2, -0.15) is 5.21 Å². The van der Waals surface area contributed by atoms with Crippen molar-refractivity contribution < 1.29 is 5.11 Å². The van der Waals surface area contributed by atoms with E-state index in [1.807, 2.05) is 31.2 Å². The number of anilines is 1. The smallest absolute Gasteiger partial charge is 0.205 e. The molecule has 8 nitrogen and oxygen atoms in total. The van der Waals surface area contributed by atoms with E-state index in [9.17, 15) is 5.11 Å². The van der Waals surface area contributed by atoms with Crippen molar-refractivity contribution in [1.29, 1.82) is 0 Å². The van der Waals surface area contributed by atoms with Crippen LogP contribution in [-0.4, -0.2) is 35.7 Å². The molecule has 0 unspecified atom stereocenters. The zero-order valence-electron chi connectivity index (χ0n) is 16.0. The van der Waals surface area contributed by atoms with Gasteiger partial charge in [0.15, 0.2) is 0 Å². The highest BCUT2D eigenvalue weighted by molar-refractivity contribution is 5.80. The Kier molecular flexibility index (Phi) is 5.53. The third-order valence-corrected chi connectivity index (χ3v) is 4.64. The van der Waals surface area contributed by atoms with Crippen molar-refractivity contribution in [3.8, 4) is 22.5 Å². The van der Waals surface area contributed by atoms with Gasteiger partial charge in [0.1, 0.15) is 11.6 Å². The first-order valence-corrected chi connectivity index (χ1v) is 9.40. The van der Waals surface area contributed by atoms with Gasteiger partial charge in [-0.15, -0.1) is 10.2 Å². The first-order chi connectivity index (χ1) is 14.3. The summed E-state index contributed by atoms with van der Waals surface area (Å²) in [5.41, 5.74) is 4.83. The Hall–Kier alpha value is -3.65. The molecule has 0 aliphatic rings. The third-order valence-electron chi connectivity index (χ3n) is 4.64. The van der Waals surface area contributed by atoms with Gasteiger partial charge in [-0.3, -0.25) is 0 Å². The molecular weight excluding hydrogens is 366 g/mol. The van der Waals surface area contributed by atoms with Gasteiger partial charge in [0.25, 0.3) is 0 Å². The zero-order chi connectivity index (χ0) is 20.1. The molecule has 2 heterocycles. The lowest BCUT2D eigenvalue weighted by molar-refractivity contribution is 0.281. The summed E-state index contributed by atoms with van der Waals surface area (Å²) in [4.78, 5) is 8.71. The van der Waals surface area contributed by atoms with Crippen molar-refractivity contribution in [1.82, 2.24) is 30.6 Å². The molecule has 0 spiro atoms. The standard InChI is InChI=1S/C21H21N7O/c1-2-19-22-12-16(13-29)20(24-19)23-11-14-7-9-15(10-8-14)17-5-3-4-6-18(17)21-25-27-28-26-21/h3-10,12,29H,2,11,13H2,1H3,(H,22,23,24)(H,25,26,27,28). The summed E-state index contributed by atoms with van der Waals surface area (Å²) in [5.74, 6) is 1.99. The van der Waals surface area contributed by atoms with Crippen LogP contribution in [0.4, 0.5) is 5.82 Å². The van der Waals surface area contributed by atoms with Crippen LogP contribution in [0.25, 0.3) is 22.5 Å². The molecule has 0 radical (unpaired) electrons. The minimum absolute atomic E-state index is 0.0991. The summed E-state index contributed by atoms with van der Waals surface area (Å²) in [6, 6.07) is 16.2. The minimum atomic E-state index is -0.0991. The van der Waals surface area contributed by atoms with E-state index in [4.69, 9.17) is 0 Å². The van der Waals surface area contributed by atoms with E-state index in [1.54, 1.807) is 6.20 Å². The number of aryl methyl sites for hydroxylation is 1. The maximum atomic E-state index is 9.51. The molecule has 0 saturated heterocycles. The Morgan fingerprint density at radius 1 is 1.03 bits per heavy atom. The number of hydrogen-bond acceptors (Lipinski definition) is 7. The third kappa shape index (κ3) is 4.12. The van der Waals surface area contributed by atoms with Crippen molar-refractivity contribution in [2.45, 2.75) is 26.5 Å². The van der Waals surface area contributed by atoms with E-state index in [0.29, 0.717) is 23.8 Å². The van der Waals surface area contributed by atoms with Crippen LogP contribution >= 0.6 is 0 Å². The molecule has 2 aromatic carbocycles. The molecule has 2 aromatic heterocycles. The van der Waals surface area contributed by atoms with Crippen LogP contribution in [-0.2, 0) is 19.6 Å². The molecule has 0 atom stereocenters. The van der Waals surface area contributed by atoms with Gasteiger partial charge >= 0.3 is 0 Å². The number of nitrogens with one attached hydrogen (secondary N) is 2. The van der Waals surface area contributed by atoms with Gasteiger partial charge in [0.05, 0.1) is 6.61 Å². The number of aromatic amines is 1. The number of aliphatic hydroxyl groups excluding tert-OH is 1. The SMILES string of the molecule is CCc1ncc(CO)c(NCc2ccc(-c3ccccc3-c3nn[nH]n3)cc2)n1. The molecule has 29 heavy (non-hydrogen) atoms. The predicted molar refractivity (Wildman–Crippen MR) is 110 cm³/mol. The van der Waals surface area contributed by atoms with E-state index in [1.165, 1.54) is 0 Å². The number of tetrazole rings is 1. The van der Waals surface area contributed by atoms with E-state index in [-0.39, 0.29) is 6.61 Å². The second-order valence-electron chi connectivity index (χ2n) is 6.50. The number of benzene rings is 2. The van der Waals surface area contributed by atoms with Gasteiger partial charge in [0.2, 0.25) is 5.82 Å². The van der Waals surface area contributed by atoms with E-state index in [2.05, 4.69) is 60.2 Å². The molecule has 0 amide bonds. The Morgan fingerprint density at radius 2 is 1.83 bits per heavy atom. The lowest BCUT2D eigenvalue weighted by Gasteiger charge is -2.11. The first kappa shape index (κ1) is 18.7. The lowest BCUT2D eigenvalue weighted by Crippen LogP contribution is -2.07. The molecule has 0 bridgehead atoms. The molecule has 0 aliphatic carbocycles. The Morgan fingerprint density at radius 3 is 2.52 bits per heavy atom. The summed E-state index contributed by atoms with van der Waals surface area (Å²) in [5, 5.41) is 27.2. The number of nitrogens with zero attached hydrogens (tertiary/aromatic N) is 5. The minimum Gasteiger partial charge on any atom is -0.391 e. The summed E-state index contributed by atoms with van der Waals surface area (Å²) >= 11 is 0. The van der Waals surface area contributed by atoms with Crippen molar-refractivity contribution >= 4 is 5.82 Å². The molecular formula is C21H21N7O. The molecule has 0 fully saturated rings. The van der Waals surface area contributed by atoms with Crippen molar-refractivity contribution in [3.63, 3.8) is 0 Å². The molecule has 3 N–H and O–H groups in total. The topological polar surface area (TPSA) is 112 Å². The van der Waals surface area contributed by atoms with Gasteiger partial charge < -0.3 is 10.4 Å². The van der Waals surface area contributed by atoms with Gasteiger partial charge in [-0.25, -0.2) is 9.97 Å². The largest absolute Gasteiger partial charge is 0.391 e. The fourth-order valence-electron chi connectivity index (χ4n) is 3.08. The van der Waals surface area contributed by atoms with Crippen LogP contribution in [0.15, 0.2) is 54.7 Å². The van der Waals surface area contributed by atoms with Crippen LogP contribution in [0.2, 0.25) is 0 Å². The quantitative estimate of drug-likeness (QED) is 0.447. The van der Waals surface area contributed by atoms with Crippen LogP contribution < -0.4 is 5.32 Å². The average molecular weight is 387 g/mol. The summed E-state index contributed by atoms with van der Waals surface area (Å²) < 4.78 is 0. The maximum absolute atomic E-state index is 9.51. The second kappa shape index (κ2) is 8.57. The molecule has 146 valence electrons. The Bertz CT molecular complexity index is 1080. The number of hydrogen-bond donors (Lipinski definition) is 3. The van der Waals surface area contributed by atoms with Gasteiger partial charge in [0, 0.05) is 30.3 Å².